The Bertz CT molecular complexity index is 451. The van der Waals surface area contributed by atoms with Gasteiger partial charge in [0.1, 0.15) is 11.6 Å². The SMILES string of the molecule is CN(C)CCCN(C)c1cc(=O)[nH]c(C2CC2)n1. The van der Waals surface area contributed by atoms with Gasteiger partial charge >= 0.3 is 0 Å². The van der Waals surface area contributed by atoms with Crippen molar-refractivity contribution >= 4 is 5.82 Å². The third kappa shape index (κ3) is 3.57. The Morgan fingerprint density at radius 1 is 1.33 bits per heavy atom. The number of anilines is 1. The van der Waals surface area contributed by atoms with E-state index >= 15 is 0 Å². The Kier molecular flexibility index (Phi) is 4.01. The van der Waals surface area contributed by atoms with Crippen molar-refractivity contribution in [2.45, 2.75) is 25.2 Å². The molecular formula is C13H22N4O. The van der Waals surface area contributed by atoms with Crippen LogP contribution in [0.25, 0.3) is 0 Å². The lowest BCUT2D eigenvalue weighted by Gasteiger charge is -2.19. The lowest BCUT2D eigenvalue weighted by Crippen LogP contribution is -2.26. The highest BCUT2D eigenvalue weighted by Gasteiger charge is 2.26. The Hall–Kier alpha value is -1.36. The molecule has 0 bridgehead atoms. The maximum Gasteiger partial charge on any atom is 0.252 e. The monoisotopic (exact) mass is 250 g/mol. The van der Waals surface area contributed by atoms with Gasteiger partial charge in [0, 0.05) is 25.6 Å². The Morgan fingerprint density at radius 3 is 2.67 bits per heavy atom. The maximum atomic E-state index is 11.6. The predicted molar refractivity (Wildman–Crippen MR) is 73.3 cm³/mol. The number of hydrogen-bond donors (Lipinski definition) is 1. The van der Waals surface area contributed by atoms with Gasteiger partial charge in [-0.2, -0.15) is 0 Å². The van der Waals surface area contributed by atoms with Gasteiger partial charge in [0.15, 0.2) is 0 Å². The molecule has 1 aliphatic rings. The number of aromatic amines is 1. The quantitative estimate of drug-likeness (QED) is 0.819. The minimum atomic E-state index is -0.0404. The predicted octanol–water partition coefficient (Wildman–Crippen LogP) is 1.04. The van der Waals surface area contributed by atoms with Gasteiger partial charge in [0.05, 0.1) is 0 Å². The fourth-order valence-electron chi connectivity index (χ4n) is 1.95. The van der Waals surface area contributed by atoms with Gasteiger partial charge in [-0.05, 0) is 39.9 Å². The molecule has 100 valence electrons. The molecule has 0 unspecified atom stereocenters. The van der Waals surface area contributed by atoms with Crippen molar-refractivity contribution in [3.63, 3.8) is 0 Å². The van der Waals surface area contributed by atoms with Gasteiger partial charge in [-0.25, -0.2) is 4.98 Å². The second-order valence-electron chi connectivity index (χ2n) is 5.34. The van der Waals surface area contributed by atoms with Gasteiger partial charge in [0.2, 0.25) is 0 Å². The topological polar surface area (TPSA) is 52.2 Å². The van der Waals surface area contributed by atoms with E-state index in [0.717, 1.165) is 44.0 Å². The molecule has 0 aromatic carbocycles. The molecular weight excluding hydrogens is 228 g/mol. The molecule has 0 saturated heterocycles. The molecule has 1 aromatic heterocycles. The van der Waals surface area contributed by atoms with Crippen LogP contribution in [-0.4, -0.2) is 49.1 Å². The zero-order valence-corrected chi connectivity index (χ0v) is 11.4. The minimum Gasteiger partial charge on any atom is -0.359 e. The summed E-state index contributed by atoms with van der Waals surface area (Å²) in [6, 6.07) is 1.58. The summed E-state index contributed by atoms with van der Waals surface area (Å²) in [6.07, 6.45) is 3.37. The average molecular weight is 250 g/mol. The second kappa shape index (κ2) is 5.52. The number of aromatic nitrogens is 2. The molecule has 1 saturated carbocycles. The fraction of sp³-hybridized carbons (Fsp3) is 0.692. The van der Waals surface area contributed by atoms with Crippen LogP contribution in [0.1, 0.15) is 31.0 Å². The largest absolute Gasteiger partial charge is 0.359 e. The molecule has 0 amide bonds. The van der Waals surface area contributed by atoms with Crippen molar-refractivity contribution < 1.29 is 0 Å². The molecule has 1 fully saturated rings. The molecule has 0 spiro atoms. The van der Waals surface area contributed by atoms with E-state index in [4.69, 9.17) is 0 Å². The number of hydrogen-bond acceptors (Lipinski definition) is 4. The maximum absolute atomic E-state index is 11.6. The van der Waals surface area contributed by atoms with E-state index in [-0.39, 0.29) is 5.56 Å². The molecule has 0 radical (unpaired) electrons. The molecule has 18 heavy (non-hydrogen) atoms. The summed E-state index contributed by atoms with van der Waals surface area (Å²) in [4.78, 5) is 23.2. The Balaban J connectivity index is 2.00. The summed E-state index contributed by atoms with van der Waals surface area (Å²) in [6.45, 7) is 1.96. The summed E-state index contributed by atoms with van der Waals surface area (Å²) < 4.78 is 0. The fourth-order valence-corrected chi connectivity index (χ4v) is 1.95. The van der Waals surface area contributed by atoms with Crippen LogP contribution < -0.4 is 10.5 Å². The molecule has 1 aromatic rings. The van der Waals surface area contributed by atoms with Crippen LogP contribution in [0.3, 0.4) is 0 Å². The summed E-state index contributed by atoms with van der Waals surface area (Å²) in [5.74, 6) is 2.13. The first-order valence-corrected chi connectivity index (χ1v) is 6.53. The van der Waals surface area contributed by atoms with Crippen molar-refractivity contribution in [1.29, 1.82) is 0 Å². The van der Waals surface area contributed by atoms with Crippen molar-refractivity contribution in [3.8, 4) is 0 Å². The van der Waals surface area contributed by atoms with Gasteiger partial charge in [0.25, 0.3) is 5.56 Å². The lowest BCUT2D eigenvalue weighted by molar-refractivity contribution is 0.401. The first-order chi connectivity index (χ1) is 8.56. The van der Waals surface area contributed by atoms with Crippen LogP contribution >= 0.6 is 0 Å². The summed E-state index contributed by atoms with van der Waals surface area (Å²) in [5.41, 5.74) is -0.0404. The number of rotatable bonds is 6. The van der Waals surface area contributed by atoms with Crippen molar-refractivity contribution in [2.75, 3.05) is 39.1 Å². The van der Waals surface area contributed by atoms with Crippen molar-refractivity contribution in [3.05, 3.63) is 22.2 Å². The third-order valence-corrected chi connectivity index (χ3v) is 3.20. The molecule has 2 rings (SSSR count). The summed E-state index contributed by atoms with van der Waals surface area (Å²) in [7, 11) is 6.13. The normalized spacial score (nSPS) is 15.1. The molecule has 1 aliphatic carbocycles. The van der Waals surface area contributed by atoms with Crippen LogP contribution in [0.15, 0.2) is 10.9 Å². The lowest BCUT2D eigenvalue weighted by atomic mass is 10.3. The van der Waals surface area contributed by atoms with E-state index in [2.05, 4.69) is 33.9 Å². The number of nitrogens with zero attached hydrogens (tertiary/aromatic N) is 3. The third-order valence-electron chi connectivity index (χ3n) is 3.20. The highest BCUT2D eigenvalue weighted by Crippen LogP contribution is 2.37. The van der Waals surface area contributed by atoms with Crippen LogP contribution in [0.4, 0.5) is 5.82 Å². The number of H-pyrrole nitrogens is 1. The van der Waals surface area contributed by atoms with Crippen LogP contribution in [0, 0.1) is 0 Å². The second-order valence-corrected chi connectivity index (χ2v) is 5.34. The van der Waals surface area contributed by atoms with E-state index in [1.165, 1.54) is 0 Å². The van der Waals surface area contributed by atoms with Crippen LogP contribution in [0.5, 0.6) is 0 Å². The highest BCUT2D eigenvalue weighted by molar-refractivity contribution is 5.36. The van der Waals surface area contributed by atoms with Crippen LogP contribution in [0.2, 0.25) is 0 Å². The Morgan fingerprint density at radius 2 is 2.06 bits per heavy atom. The summed E-state index contributed by atoms with van der Waals surface area (Å²) >= 11 is 0. The molecule has 1 N–H and O–H groups in total. The van der Waals surface area contributed by atoms with Gasteiger partial charge in [-0.15, -0.1) is 0 Å². The minimum absolute atomic E-state index is 0.0404. The number of nitrogens with one attached hydrogen (secondary N) is 1. The molecule has 5 heteroatoms. The standard InChI is InChI=1S/C13H22N4O/c1-16(2)7-4-8-17(3)11-9-12(18)15-13(14-11)10-5-6-10/h9-10H,4-8H2,1-3H3,(H,14,15,18). The van der Waals surface area contributed by atoms with Gasteiger partial charge in [-0.3, -0.25) is 4.79 Å². The Labute approximate surface area is 108 Å². The van der Waals surface area contributed by atoms with Crippen molar-refractivity contribution in [2.24, 2.45) is 0 Å². The van der Waals surface area contributed by atoms with Gasteiger partial charge in [-0.1, -0.05) is 0 Å². The molecule has 1 heterocycles. The molecule has 0 aliphatic heterocycles. The van der Waals surface area contributed by atoms with Crippen LogP contribution in [-0.2, 0) is 0 Å². The highest BCUT2D eigenvalue weighted by atomic mass is 16.1. The van der Waals surface area contributed by atoms with Gasteiger partial charge < -0.3 is 14.8 Å². The first kappa shape index (κ1) is 13.1. The smallest absolute Gasteiger partial charge is 0.252 e. The first-order valence-electron chi connectivity index (χ1n) is 6.53. The molecule has 0 atom stereocenters. The zero-order valence-electron chi connectivity index (χ0n) is 11.4. The summed E-state index contributed by atoms with van der Waals surface area (Å²) in [5, 5.41) is 0. The molecule has 5 nitrogen and oxygen atoms in total. The zero-order chi connectivity index (χ0) is 13.1. The van der Waals surface area contributed by atoms with Crippen molar-refractivity contribution in [1.82, 2.24) is 14.9 Å². The average Bonchev–Trinajstić information content (AvgIpc) is 3.11. The van der Waals surface area contributed by atoms with E-state index in [1.54, 1.807) is 6.07 Å². The van der Waals surface area contributed by atoms with E-state index < -0.39 is 0 Å². The van der Waals surface area contributed by atoms with E-state index in [0.29, 0.717) is 5.92 Å². The van der Waals surface area contributed by atoms with E-state index in [1.807, 2.05) is 7.05 Å². The van der Waals surface area contributed by atoms with E-state index in [9.17, 15) is 4.79 Å².